The predicted molar refractivity (Wildman–Crippen MR) is 62.9 cm³/mol. The van der Waals surface area contributed by atoms with Gasteiger partial charge in [0.25, 0.3) is 0 Å². The fourth-order valence-electron chi connectivity index (χ4n) is 1.28. The second-order valence-corrected chi connectivity index (χ2v) is 3.64. The van der Waals surface area contributed by atoms with Gasteiger partial charge in [0, 0.05) is 12.4 Å². The molecular weight excluding hydrogens is 213 g/mol. The van der Waals surface area contributed by atoms with Crippen molar-refractivity contribution in [1.82, 2.24) is 4.90 Å². The van der Waals surface area contributed by atoms with Crippen LogP contribution in [0, 0.1) is 5.82 Å². The number of hydrogen-bond donors (Lipinski definition) is 1. The minimum Gasteiger partial charge on any atom is -0.491 e. The molecule has 4 heteroatoms. The molecule has 0 saturated heterocycles. The molecule has 0 radical (unpaired) electrons. The second kappa shape index (κ2) is 5.98. The van der Waals surface area contributed by atoms with Crippen molar-refractivity contribution >= 4 is 12.6 Å². The number of benzene rings is 1. The molecule has 0 heterocycles. The number of rotatable bonds is 5. The molecule has 0 aromatic heterocycles. The highest BCUT2D eigenvalue weighted by atomic mass is 32.1. The van der Waals surface area contributed by atoms with Crippen molar-refractivity contribution in [2.45, 2.75) is 13.5 Å². The summed E-state index contributed by atoms with van der Waals surface area (Å²) in [6, 6.07) is 5.04. The molecule has 0 spiro atoms. The van der Waals surface area contributed by atoms with Crippen molar-refractivity contribution in [2.24, 2.45) is 0 Å². The molecule has 0 aliphatic rings. The lowest BCUT2D eigenvalue weighted by molar-refractivity contribution is 0.320. The Morgan fingerprint density at radius 2 is 2.20 bits per heavy atom. The molecule has 2 nitrogen and oxygen atoms in total. The average Bonchev–Trinajstić information content (AvgIpc) is 2.22. The van der Waals surface area contributed by atoms with E-state index in [9.17, 15) is 4.39 Å². The highest BCUT2D eigenvalue weighted by Gasteiger charge is 2.05. The number of nitrogens with zero attached hydrogens (tertiary/aromatic N) is 1. The Labute approximate surface area is 95.5 Å². The zero-order chi connectivity index (χ0) is 11.3. The first-order valence-electron chi connectivity index (χ1n) is 4.88. The minimum atomic E-state index is -0.304. The van der Waals surface area contributed by atoms with Crippen molar-refractivity contribution < 1.29 is 9.13 Å². The lowest BCUT2D eigenvalue weighted by Gasteiger charge is -2.13. The molecule has 15 heavy (non-hydrogen) atoms. The first-order chi connectivity index (χ1) is 7.17. The van der Waals surface area contributed by atoms with Crippen molar-refractivity contribution in [1.29, 1.82) is 0 Å². The highest BCUT2D eigenvalue weighted by molar-refractivity contribution is 7.80. The maximum Gasteiger partial charge on any atom is 0.165 e. The van der Waals surface area contributed by atoms with E-state index in [-0.39, 0.29) is 5.82 Å². The fraction of sp³-hybridized carbons (Fsp3) is 0.455. The maximum atomic E-state index is 13.4. The third-order valence-electron chi connectivity index (χ3n) is 1.99. The number of hydrogen-bond acceptors (Lipinski definition) is 3. The van der Waals surface area contributed by atoms with Gasteiger partial charge in [-0.2, -0.15) is 12.6 Å². The summed E-state index contributed by atoms with van der Waals surface area (Å²) in [4.78, 5) is 1.98. The Kier molecular flexibility index (Phi) is 4.91. The van der Waals surface area contributed by atoms with Crippen molar-refractivity contribution in [2.75, 3.05) is 19.5 Å². The van der Waals surface area contributed by atoms with E-state index in [0.717, 1.165) is 5.56 Å². The Balaban J connectivity index is 2.73. The van der Waals surface area contributed by atoms with Gasteiger partial charge in [0.05, 0.1) is 6.61 Å². The van der Waals surface area contributed by atoms with Gasteiger partial charge in [-0.25, -0.2) is 4.39 Å². The summed E-state index contributed by atoms with van der Waals surface area (Å²) in [5.74, 6) is 0.658. The van der Waals surface area contributed by atoms with Gasteiger partial charge < -0.3 is 4.74 Å². The predicted octanol–water partition coefficient (Wildman–Crippen LogP) is 2.54. The van der Waals surface area contributed by atoms with Crippen molar-refractivity contribution in [3.63, 3.8) is 0 Å². The van der Waals surface area contributed by atoms with E-state index in [0.29, 0.717) is 24.8 Å². The maximum absolute atomic E-state index is 13.4. The van der Waals surface area contributed by atoms with E-state index in [1.807, 2.05) is 24.9 Å². The van der Waals surface area contributed by atoms with Crippen LogP contribution in [0.1, 0.15) is 12.5 Å². The Bertz CT molecular complexity index is 319. The van der Waals surface area contributed by atoms with E-state index < -0.39 is 0 Å². The van der Waals surface area contributed by atoms with Gasteiger partial charge in [0.2, 0.25) is 0 Å². The molecule has 0 fully saturated rings. The normalized spacial score (nSPS) is 10.7. The van der Waals surface area contributed by atoms with Crippen LogP contribution < -0.4 is 4.74 Å². The SMILES string of the molecule is CCOc1ccc(CN(C)CS)cc1F. The fourth-order valence-corrected chi connectivity index (χ4v) is 1.38. The summed E-state index contributed by atoms with van der Waals surface area (Å²) < 4.78 is 18.5. The van der Waals surface area contributed by atoms with Gasteiger partial charge in [-0.15, -0.1) is 0 Å². The number of thiol groups is 1. The molecule has 1 aromatic carbocycles. The summed E-state index contributed by atoms with van der Waals surface area (Å²) in [6.07, 6.45) is 0. The summed E-state index contributed by atoms with van der Waals surface area (Å²) in [5.41, 5.74) is 0.924. The van der Waals surface area contributed by atoms with Crippen LogP contribution in [0.25, 0.3) is 0 Å². The first-order valence-corrected chi connectivity index (χ1v) is 5.51. The average molecular weight is 229 g/mol. The van der Waals surface area contributed by atoms with E-state index in [4.69, 9.17) is 4.74 Å². The molecule has 0 N–H and O–H groups in total. The van der Waals surface area contributed by atoms with Gasteiger partial charge in [-0.05, 0) is 31.7 Å². The van der Waals surface area contributed by atoms with E-state index in [1.165, 1.54) is 6.07 Å². The van der Waals surface area contributed by atoms with Gasteiger partial charge >= 0.3 is 0 Å². The molecular formula is C11H16FNOS. The van der Waals surface area contributed by atoms with Crippen LogP contribution in [0.4, 0.5) is 4.39 Å². The van der Waals surface area contributed by atoms with Gasteiger partial charge in [-0.1, -0.05) is 6.07 Å². The standard InChI is InChI=1S/C11H16FNOS/c1-3-14-11-5-4-9(6-10(11)12)7-13(2)8-15/h4-6,15H,3,7-8H2,1-2H3. The number of ether oxygens (including phenoxy) is 1. The third kappa shape index (κ3) is 3.72. The van der Waals surface area contributed by atoms with Gasteiger partial charge in [-0.3, -0.25) is 4.90 Å². The second-order valence-electron chi connectivity index (χ2n) is 3.35. The van der Waals surface area contributed by atoms with Gasteiger partial charge in [0.1, 0.15) is 0 Å². The monoisotopic (exact) mass is 229 g/mol. The largest absolute Gasteiger partial charge is 0.491 e. The van der Waals surface area contributed by atoms with E-state index >= 15 is 0 Å². The Morgan fingerprint density at radius 3 is 2.73 bits per heavy atom. The summed E-state index contributed by atoms with van der Waals surface area (Å²) in [6.45, 7) is 3.00. The Morgan fingerprint density at radius 1 is 1.47 bits per heavy atom. The smallest absolute Gasteiger partial charge is 0.165 e. The summed E-state index contributed by atoms with van der Waals surface area (Å²) >= 11 is 4.13. The molecule has 0 aliphatic carbocycles. The van der Waals surface area contributed by atoms with Crippen LogP contribution in [-0.2, 0) is 6.54 Å². The van der Waals surface area contributed by atoms with Crippen LogP contribution in [0.3, 0.4) is 0 Å². The van der Waals surface area contributed by atoms with Crippen molar-refractivity contribution in [3.8, 4) is 5.75 Å². The third-order valence-corrected chi connectivity index (χ3v) is 2.47. The van der Waals surface area contributed by atoms with E-state index in [1.54, 1.807) is 6.07 Å². The molecule has 1 rings (SSSR count). The van der Waals surface area contributed by atoms with Crippen molar-refractivity contribution in [3.05, 3.63) is 29.6 Å². The highest BCUT2D eigenvalue weighted by Crippen LogP contribution is 2.18. The van der Waals surface area contributed by atoms with Crippen LogP contribution >= 0.6 is 12.6 Å². The van der Waals surface area contributed by atoms with Crippen LogP contribution in [0.5, 0.6) is 5.75 Å². The summed E-state index contributed by atoms with van der Waals surface area (Å²) in [7, 11) is 1.93. The van der Waals surface area contributed by atoms with Crippen LogP contribution in [0.15, 0.2) is 18.2 Å². The summed E-state index contributed by atoms with van der Waals surface area (Å²) in [5, 5.41) is 0. The first kappa shape index (κ1) is 12.3. The molecule has 0 aliphatic heterocycles. The molecule has 0 unspecified atom stereocenters. The molecule has 84 valence electrons. The number of halogens is 1. The molecule has 0 amide bonds. The lowest BCUT2D eigenvalue weighted by Crippen LogP contribution is -2.15. The molecule has 1 aromatic rings. The van der Waals surface area contributed by atoms with Crippen LogP contribution in [-0.4, -0.2) is 24.4 Å². The quantitative estimate of drug-likeness (QED) is 0.615. The molecule has 0 saturated carbocycles. The van der Waals surface area contributed by atoms with Gasteiger partial charge in [0.15, 0.2) is 11.6 Å². The lowest BCUT2D eigenvalue weighted by atomic mass is 10.2. The zero-order valence-corrected chi connectivity index (χ0v) is 9.93. The zero-order valence-electron chi connectivity index (χ0n) is 9.03. The minimum absolute atomic E-state index is 0.304. The topological polar surface area (TPSA) is 12.5 Å². The van der Waals surface area contributed by atoms with Crippen LogP contribution in [0.2, 0.25) is 0 Å². The van der Waals surface area contributed by atoms with E-state index in [2.05, 4.69) is 12.6 Å². The Hall–Kier alpha value is -0.740. The molecule has 0 bridgehead atoms. The molecule has 0 atom stereocenters.